The topological polar surface area (TPSA) is 60.2 Å². The average molecular weight is 306 g/mol. The van der Waals surface area contributed by atoms with Crippen LogP contribution in [0.15, 0.2) is 61.2 Å². The molecule has 0 bridgehead atoms. The lowest BCUT2D eigenvalue weighted by Crippen LogP contribution is -2.37. The van der Waals surface area contributed by atoms with Crippen molar-refractivity contribution in [2.24, 2.45) is 0 Å². The average Bonchev–Trinajstić information content (AvgIpc) is 3.15. The molecule has 0 spiro atoms. The summed E-state index contributed by atoms with van der Waals surface area (Å²) in [4.78, 5) is 18.5. The first-order valence-electron chi connectivity index (χ1n) is 7.32. The van der Waals surface area contributed by atoms with Gasteiger partial charge in [-0.25, -0.2) is 9.67 Å². The molecular weight excluding hydrogens is 292 g/mol. The fourth-order valence-electron chi connectivity index (χ4n) is 2.63. The molecular formula is C17H14N4O2. The number of carbonyl (C=O) groups is 1. The Morgan fingerprint density at radius 3 is 2.70 bits per heavy atom. The summed E-state index contributed by atoms with van der Waals surface area (Å²) in [7, 11) is 0. The van der Waals surface area contributed by atoms with E-state index in [1.54, 1.807) is 28.0 Å². The van der Waals surface area contributed by atoms with Gasteiger partial charge >= 0.3 is 0 Å². The van der Waals surface area contributed by atoms with E-state index in [1.165, 1.54) is 6.33 Å². The third-order valence-corrected chi connectivity index (χ3v) is 3.77. The number of fused-ring (bicyclic) bond motifs is 1. The third kappa shape index (κ3) is 2.44. The van der Waals surface area contributed by atoms with Crippen molar-refractivity contribution >= 4 is 11.6 Å². The minimum atomic E-state index is -0.0362. The van der Waals surface area contributed by atoms with E-state index < -0.39 is 0 Å². The third-order valence-electron chi connectivity index (χ3n) is 3.77. The van der Waals surface area contributed by atoms with Gasteiger partial charge in [0.05, 0.1) is 17.9 Å². The predicted molar refractivity (Wildman–Crippen MR) is 85.0 cm³/mol. The zero-order chi connectivity index (χ0) is 15.6. The fraction of sp³-hybridized carbons (Fsp3) is 0.118. The van der Waals surface area contributed by atoms with E-state index in [4.69, 9.17) is 4.74 Å². The molecule has 1 aliphatic rings. The Labute approximate surface area is 132 Å². The van der Waals surface area contributed by atoms with Gasteiger partial charge in [0.25, 0.3) is 5.91 Å². The number of hydrogen-bond donors (Lipinski definition) is 0. The molecule has 3 aromatic rings. The highest BCUT2D eigenvalue weighted by atomic mass is 16.5. The van der Waals surface area contributed by atoms with E-state index in [9.17, 15) is 4.79 Å². The number of ether oxygens (including phenoxy) is 1. The Morgan fingerprint density at radius 2 is 1.91 bits per heavy atom. The van der Waals surface area contributed by atoms with Gasteiger partial charge < -0.3 is 9.64 Å². The summed E-state index contributed by atoms with van der Waals surface area (Å²) >= 11 is 0. The number of carbonyl (C=O) groups excluding carboxylic acids is 1. The molecule has 0 unspecified atom stereocenters. The molecule has 6 nitrogen and oxygen atoms in total. The molecule has 0 fully saturated rings. The second-order valence-electron chi connectivity index (χ2n) is 5.16. The van der Waals surface area contributed by atoms with Gasteiger partial charge in [-0.05, 0) is 36.4 Å². The van der Waals surface area contributed by atoms with Crippen LogP contribution in [0.5, 0.6) is 5.75 Å². The first-order chi connectivity index (χ1) is 11.3. The van der Waals surface area contributed by atoms with Gasteiger partial charge in [-0.1, -0.05) is 12.1 Å². The molecule has 1 amide bonds. The van der Waals surface area contributed by atoms with Crippen molar-refractivity contribution in [3.63, 3.8) is 0 Å². The summed E-state index contributed by atoms with van der Waals surface area (Å²) in [6.07, 6.45) is 3.10. The lowest BCUT2D eigenvalue weighted by molar-refractivity contribution is 0.0976. The van der Waals surface area contributed by atoms with Crippen molar-refractivity contribution in [1.29, 1.82) is 0 Å². The number of aromatic nitrogens is 3. The number of nitrogens with zero attached hydrogens (tertiary/aromatic N) is 4. The molecule has 0 aliphatic carbocycles. The molecule has 114 valence electrons. The van der Waals surface area contributed by atoms with Crippen LogP contribution in [-0.2, 0) is 0 Å². The normalized spacial score (nSPS) is 13.3. The number of rotatable bonds is 2. The molecule has 23 heavy (non-hydrogen) atoms. The van der Waals surface area contributed by atoms with Crippen LogP contribution in [0.2, 0.25) is 0 Å². The molecule has 6 heteroatoms. The highest BCUT2D eigenvalue weighted by Gasteiger charge is 2.24. The molecule has 1 aromatic heterocycles. The second-order valence-corrected chi connectivity index (χ2v) is 5.16. The molecule has 0 atom stereocenters. The Bertz CT molecular complexity index is 828. The summed E-state index contributed by atoms with van der Waals surface area (Å²) in [5.41, 5.74) is 2.30. The minimum absolute atomic E-state index is 0.0362. The van der Waals surface area contributed by atoms with E-state index in [2.05, 4.69) is 10.1 Å². The Morgan fingerprint density at radius 1 is 1.09 bits per heavy atom. The molecule has 1 aliphatic heterocycles. The van der Waals surface area contributed by atoms with E-state index in [-0.39, 0.29) is 5.91 Å². The monoisotopic (exact) mass is 306 g/mol. The van der Waals surface area contributed by atoms with Gasteiger partial charge in [0.1, 0.15) is 25.0 Å². The standard InChI is InChI=1S/C17H14N4O2/c22-17(20-9-10-23-16-4-2-1-3-15(16)20)13-5-7-14(8-6-13)21-12-18-11-19-21/h1-8,11-12H,9-10H2. The number of para-hydroxylation sites is 2. The minimum Gasteiger partial charge on any atom is -0.490 e. The Hall–Kier alpha value is -3.15. The van der Waals surface area contributed by atoms with Crippen LogP contribution >= 0.6 is 0 Å². The van der Waals surface area contributed by atoms with Crippen molar-refractivity contribution in [1.82, 2.24) is 14.8 Å². The zero-order valence-electron chi connectivity index (χ0n) is 12.3. The lowest BCUT2D eigenvalue weighted by Gasteiger charge is -2.29. The van der Waals surface area contributed by atoms with Crippen molar-refractivity contribution in [3.05, 3.63) is 66.7 Å². The molecule has 4 rings (SSSR count). The summed E-state index contributed by atoms with van der Waals surface area (Å²) in [6, 6.07) is 14.9. The summed E-state index contributed by atoms with van der Waals surface area (Å²) in [6.45, 7) is 1.04. The van der Waals surface area contributed by atoms with Gasteiger partial charge in [-0.3, -0.25) is 4.79 Å². The molecule has 0 N–H and O–H groups in total. The maximum absolute atomic E-state index is 12.8. The van der Waals surface area contributed by atoms with Gasteiger partial charge in [0.2, 0.25) is 0 Å². The van der Waals surface area contributed by atoms with Crippen LogP contribution in [0, 0.1) is 0 Å². The summed E-state index contributed by atoms with van der Waals surface area (Å²) in [5.74, 6) is 0.706. The van der Waals surface area contributed by atoms with Crippen molar-refractivity contribution in [2.45, 2.75) is 0 Å². The Balaban J connectivity index is 1.63. The zero-order valence-corrected chi connectivity index (χ0v) is 12.3. The molecule has 0 radical (unpaired) electrons. The van der Waals surface area contributed by atoms with Crippen LogP contribution in [0.3, 0.4) is 0 Å². The number of benzene rings is 2. The number of hydrogen-bond acceptors (Lipinski definition) is 4. The van der Waals surface area contributed by atoms with Gasteiger partial charge in [0.15, 0.2) is 0 Å². The fourth-order valence-corrected chi connectivity index (χ4v) is 2.63. The van der Waals surface area contributed by atoms with Crippen LogP contribution in [0.25, 0.3) is 5.69 Å². The van der Waals surface area contributed by atoms with Gasteiger partial charge in [0, 0.05) is 5.56 Å². The molecule has 0 saturated carbocycles. The molecule has 2 heterocycles. The largest absolute Gasteiger partial charge is 0.490 e. The second kappa shape index (κ2) is 5.57. The highest BCUT2D eigenvalue weighted by molar-refractivity contribution is 6.07. The SMILES string of the molecule is O=C(c1ccc(-n2cncn2)cc1)N1CCOc2ccccc21. The van der Waals surface area contributed by atoms with E-state index in [0.717, 1.165) is 17.1 Å². The van der Waals surface area contributed by atoms with Crippen molar-refractivity contribution < 1.29 is 9.53 Å². The predicted octanol–water partition coefficient (Wildman–Crippen LogP) is 2.31. The Kier molecular flexibility index (Phi) is 3.27. The van der Waals surface area contributed by atoms with E-state index in [0.29, 0.717) is 18.7 Å². The van der Waals surface area contributed by atoms with E-state index >= 15 is 0 Å². The molecule has 0 saturated heterocycles. The van der Waals surface area contributed by atoms with E-state index in [1.807, 2.05) is 36.4 Å². The van der Waals surface area contributed by atoms with Crippen LogP contribution in [-0.4, -0.2) is 33.8 Å². The summed E-state index contributed by atoms with van der Waals surface area (Å²) in [5, 5.41) is 4.07. The quantitative estimate of drug-likeness (QED) is 0.729. The van der Waals surface area contributed by atoms with Crippen LogP contribution in [0.4, 0.5) is 5.69 Å². The first-order valence-corrected chi connectivity index (χ1v) is 7.32. The van der Waals surface area contributed by atoms with Crippen molar-refractivity contribution in [3.8, 4) is 11.4 Å². The summed E-state index contributed by atoms with van der Waals surface area (Å²) < 4.78 is 7.25. The maximum Gasteiger partial charge on any atom is 0.258 e. The smallest absolute Gasteiger partial charge is 0.258 e. The maximum atomic E-state index is 12.8. The molecule has 2 aromatic carbocycles. The van der Waals surface area contributed by atoms with Crippen LogP contribution in [0.1, 0.15) is 10.4 Å². The van der Waals surface area contributed by atoms with Crippen LogP contribution < -0.4 is 9.64 Å². The lowest BCUT2D eigenvalue weighted by atomic mass is 10.1. The van der Waals surface area contributed by atoms with Gasteiger partial charge in [-0.2, -0.15) is 5.10 Å². The number of anilines is 1. The highest BCUT2D eigenvalue weighted by Crippen LogP contribution is 2.31. The number of amides is 1. The first kappa shape index (κ1) is 13.5. The van der Waals surface area contributed by atoms with Gasteiger partial charge in [-0.15, -0.1) is 0 Å². The van der Waals surface area contributed by atoms with Crippen molar-refractivity contribution in [2.75, 3.05) is 18.1 Å².